The molecule has 4 nitrogen and oxygen atoms in total. The number of H-pyrrole nitrogens is 1. The monoisotopic (exact) mass is 264 g/mol. The van der Waals surface area contributed by atoms with Gasteiger partial charge in [0.15, 0.2) is 5.11 Å². The molecule has 0 saturated heterocycles. The molecule has 0 radical (unpaired) electrons. The minimum Gasteiger partial charge on any atom is -0.330 e. The van der Waals surface area contributed by atoms with Crippen LogP contribution in [0, 0.1) is 19.7 Å². The Morgan fingerprint density at radius 3 is 2.61 bits per heavy atom. The fraction of sp³-hybridized carbons (Fsp3) is 0.167. The maximum atomic E-state index is 13.4. The van der Waals surface area contributed by atoms with Crippen molar-refractivity contribution in [3.05, 3.63) is 41.5 Å². The second kappa shape index (κ2) is 5.14. The minimum atomic E-state index is -0.345. The van der Waals surface area contributed by atoms with E-state index in [2.05, 4.69) is 20.8 Å². The van der Waals surface area contributed by atoms with E-state index in [1.54, 1.807) is 18.2 Å². The first-order chi connectivity index (χ1) is 8.58. The summed E-state index contributed by atoms with van der Waals surface area (Å²) in [7, 11) is 0. The van der Waals surface area contributed by atoms with E-state index >= 15 is 0 Å². The molecule has 0 bridgehead atoms. The number of hydrogen-bond acceptors (Lipinski definition) is 2. The van der Waals surface area contributed by atoms with E-state index in [1.165, 1.54) is 6.07 Å². The van der Waals surface area contributed by atoms with Gasteiger partial charge in [-0.15, -0.1) is 0 Å². The number of benzene rings is 1. The molecule has 18 heavy (non-hydrogen) atoms. The summed E-state index contributed by atoms with van der Waals surface area (Å²) in [5, 5.41) is 13.0. The number of aryl methyl sites for hydroxylation is 2. The van der Waals surface area contributed by atoms with Gasteiger partial charge in [0.1, 0.15) is 5.82 Å². The zero-order valence-corrected chi connectivity index (χ0v) is 10.9. The van der Waals surface area contributed by atoms with Gasteiger partial charge in [0.2, 0.25) is 0 Å². The lowest BCUT2D eigenvalue weighted by molar-refractivity contribution is 0.632. The number of para-hydroxylation sites is 1. The van der Waals surface area contributed by atoms with Crippen LogP contribution in [0.3, 0.4) is 0 Å². The second-order valence-corrected chi connectivity index (χ2v) is 4.28. The smallest absolute Gasteiger partial charge is 0.175 e. The molecule has 0 spiro atoms. The Balaban J connectivity index is 2.08. The number of anilines is 2. The van der Waals surface area contributed by atoms with Crippen LogP contribution in [-0.2, 0) is 0 Å². The van der Waals surface area contributed by atoms with Gasteiger partial charge in [-0.05, 0) is 38.2 Å². The molecule has 0 fully saturated rings. The summed E-state index contributed by atoms with van der Waals surface area (Å²) in [5.74, 6) is -0.345. The Morgan fingerprint density at radius 2 is 2.00 bits per heavy atom. The summed E-state index contributed by atoms with van der Waals surface area (Å²) in [5.41, 5.74) is 2.84. The Labute approximate surface area is 110 Å². The largest absolute Gasteiger partial charge is 0.330 e. The van der Waals surface area contributed by atoms with Gasteiger partial charge in [-0.1, -0.05) is 12.1 Å². The zero-order valence-electron chi connectivity index (χ0n) is 10.0. The highest BCUT2D eigenvalue weighted by Gasteiger charge is 2.09. The molecule has 2 aromatic rings. The van der Waals surface area contributed by atoms with E-state index in [9.17, 15) is 4.39 Å². The van der Waals surface area contributed by atoms with Crippen molar-refractivity contribution in [1.82, 2.24) is 10.2 Å². The van der Waals surface area contributed by atoms with Crippen LogP contribution in [0.1, 0.15) is 11.4 Å². The highest BCUT2D eigenvalue weighted by molar-refractivity contribution is 7.80. The van der Waals surface area contributed by atoms with Crippen LogP contribution in [0.2, 0.25) is 0 Å². The normalized spacial score (nSPS) is 10.2. The predicted molar refractivity (Wildman–Crippen MR) is 74.3 cm³/mol. The van der Waals surface area contributed by atoms with Crippen molar-refractivity contribution < 1.29 is 4.39 Å². The lowest BCUT2D eigenvalue weighted by Gasteiger charge is -2.11. The number of rotatable bonds is 2. The molecule has 0 aliphatic heterocycles. The molecule has 3 N–H and O–H groups in total. The van der Waals surface area contributed by atoms with Crippen molar-refractivity contribution in [2.45, 2.75) is 13.8 Å². The highest BCUT2D eigenvalue weighted by atomic mass is 32.1. The van der Waals surface area contributed by atoms with E-state index < -0.39 is 0 Å². The molecular weight excluding hydrogens is 251 g/mol. The minimum absolute atomic E-state index is 0.327. The fourth-order valence-corrected chi connectivity index (χ4v) is 1.78. The van der Waals surface area contributed by atoms with Crippen LogP contribution in [0.5, 0.6) is 0 Å². The number of aromatic amines is 1. The third-order valence-corrected chi connectivity index (χ3v) is 2.69. The molecule has 0 aliphatic rings. The SMILES string of the molecule is Cc1n[nH]c(C)c1NC(=S)Nc1ccccc1F. The topological polar surface area (TPSA) is 52.7 Å². The van der Waals surface area contributed by atoms with Gasteiger partial charge in [-0.2, -0.15) is 5.10 Å². The molecule has 1 heterocycles. The molecule has 0 atom stereocenters. The van der Waals surface area contributed by atoms with E-state index in [0.717, 1.165) is 17.1 Å². The van der Waals surface area contributed by atoms with Crippen molar-refractivity contribution in [3.63, 3.8) is 0 Å². The number of hydrogen-bond donors (Lipinski definition) is 3. The summed E-state index contributed by atoms with van der Waals surface area (Å²) in [6.45, 7) is 3.74. The number of nitrogens with one attached hydrogen (secondary N) is 3. The first-order valence-corrected chi connectivity index (χ1v) is 5.83. The number of halogens is 1. The predicted octanol–water partition coefficient (Wildman–Crippen LogP) is 2.97. The summed E-state index contributed by atoms with van der Waals surface area (Å²) in [4.78, 5) is 0. The van der Waals surface area contributed by atoms with E-state index in [4.69, 9.17) is 12.2 Å². The Bertz CT molecular complexity index is 560. The summed E-state index contributed by atoms with van der Waals surface area (Å²) < 4.78 is 13.4. The highest BCUT2D eigenvalue weighted by Crippen LogP contribution is 2.17. The Hall–Kier alpha value is -1.95. The standard InChI is InChI=1S/C12H13FN4S/c1-7-11(8(2)17-16-7)15-12(18)14-10-6-4-3-5-9(10)13/h3-6H,1-2H3,(H,16,17)(H2,14,15,18). The van der Waals surface area contributed by atoms with Crippen LogP contribution in [0.15, 0.2) is 24.3 Å². The lowest BCUT2D eigenvalue weighted by Crippen LogP contribution is -2.20. The van der Waals surface area contributed by atoms with Crippen molar-refractivity contribution >= 4 is 28.7 Å². The molecule has 94 valence electrons. The van der Waals surface area contributed by atoms with Gasteiger partial charge >= 0.3 is 0 Å². The Morgan fingerprint density at radius 1 is 1.28 bits per heavy atom. The summed E-state index contributed by atoms with van der Waals surface area (Å²) in [6, 6.07) is 6.36. The summed E-state index contributed by atoms with van der Waals surface area (Å²) >= 11 is 5.13. The molecule has 0 aliphatic carbocycles. The molecule has 1 aromatic carbocycles. The first-order valence-electron chi connectivity index (χ1n) is 5.42. The van der Waals surface area contributed by atoms with Gasteiger partial charge in [0.05, 0.1) is 22.8 Å². The van der Waals surface area contributed by atoms with Gasteiger partial charge in [0.25, 0.3) is 0 Å². The van der Waals surface area contributed by atoms with Gasteiger partial charge in [-0.3, -0.25) is 5.10 Å². The molecule has 6 heteroatoms. The van der Waals surface area contributed by atoms with Crippen LogP contribution in [0.4, 0.5) is 15.8 Å². The van der Waals surface area contributed by atoms with Crippen LogP contribution in [0.25, 0.3) is 0 Å². The molecule has 0 saturated carbocycles. The fourth-order valence-electron chi connectivity index (χ4n) is 1.56. The first kappa shape index (κ1) is 12.5. The average molecular weight is 264 g/mol. The molecule has 0 amide bonds. The number of thiocarbonyl (C=S) groups is 1. The van der Waals surface area contributed by atoms with Crippen LogP contribution in [-0.4, -0.2) is 15.3 Å². The maximum absolute atomic E-state index is 13.4. The van der Waals surface area contributed by atoms with Crippen molar-refractivity contribution in [2.24, 2.45) is 0 Å². The van der Waals surface area contributed by atoms with Gasteiger partial charge in [-0.25, -0.2) is 4.39 Å². The third-order valence-electron chi connectivity index (χ3n) is 2.49. The van der Waals surface area contributed by atoms with E-state index in [0.29, 0.717) is 10.8 Å². The molecule has 2 rings (SSSR count). The second-order valence-electron chi connectivity index (χ2n) is 3.87. The number of aromatic nitrogens is 2. The molecular formula is C12H13FN4S. The quantitative estimate of drug-likeness (QED) is 0.730. The Kier molecular flexibility index (Phi) is 3.57. The molecule has 0 unspecified atom stereocenters. The van der Waals surface area contributed by atoms with E-state index in [-0.39, 0.29) is 5.82 Å². The van der Waals surface area contributed by atoms with E-state index in [1.807, 2.05) is 13.8 Å². The zero-order chi connectivity index (χ0) is 13.1. The average Bonchev–Trinajstić information content (AvgIpc) is 2.64. The van der Waals surface area contributed by atoms with Crippen molar-refractivity contribution in [2.75, 3.05) is 10.6 Å². The maximum Gasteiger partial charge on any atom is 0.175 e. The van der Waals surface area contributed by atoms with Gasteiger partial charge < -0.3 is 10.6 Å². The van der Waals surface area contributed by atoms with Crippen molar-refractivity contribution in [1.29, 1.82) is 0 Å². The van der Waals surface area contributed by atoms with Crippen LogP contribution >= 0.6 is 12.2 Å². The van der Waals surface area contributed by atoms with Gasteiger partial charge in [0, 0.05) is 0 Å². The number of nitrogens with zero attached hydrogens (tertiary/aromatic N) is 1. The molecule has 1 aromatic heterocycles. The van der Waals surface area contributed by atoms with Crippen molar-refractivity contribution in [3.8, 4) is 0 Å². The third kappa shape index (κ3) is 2.65. The van der Waals surface area contributed by atoms with Crippen LogP contribution < -0.4 is 10.6 Å². The summed E-state index contributed by atoms with van der Waals surface area (Å²) in [6.07, 6.45) is 0. The lowest BCUT2D eigenvalue weighted by atomic mass is 10.3.